The highest BCUT2D eigenvalue weighted by Gasteiger charge is 2.43. The Morgan fingerprint density at radius 1 is 0.893 bits per heavy atom. The molecule has 1 saturated heterocycles. The van der Waals surface area contributed by atoms with Crippen molar-refractivity contribution in [2.45, 2.75) is 26.7 Å². The summed E-state index contributed by atoms with van der Waals surface area (Å²) in [6.07, 6.45) is 2.06. The van der Waals surface area contributed by atoms with Gasteiger partial charge in [0.05, 0.1) is 18.4 Å². The summed E-state index contributed by atoms with van der Waals surface area (Å²) >= 11 is 0. The first-order valence-electron chi connectivity index (χ1n) is 9.61. The first-order valence-corrected chi connectivity index (χ1v) is 9.61. The molecule has 5 heteroatoms. The molecule has 0 aliphatic carbocycles. The van der Waals surface area contributed by atoms with Crippen molar-refractivity contribution in [3.8, 4) is 5.75 Å². The maximum atomic E-state index is 13.5. The van der Waals surface area contributed by atoms with E-state index >= 15 is 0 Å². The quantitative estimate of drug-likeness (QED) is 0.764. The first-order chi connectivity index (χ1) is 13.5. The van der Waals surface area contributed by atoms with Gasteiger partial charge in [0.2, 0.25) is 0 Å². The summed E-state index contributed by atoms with van der Waals surface area (Å²) in [5.41, 5.74) is 4.41. The fourth-order valence-electron chi connectivity index (χ4n) is 3.97. The molecule has 4 rings (SSSR count). The molecule has 0 unspecified atom stereocenters. The summed E-state index contributed by atoms with van der Waals surface area (Å²) in [5.74, 6) is 0.229. The molecule has 2 aromatic carbocycles. The molecule has 5 nitrogen and oxygen atoms in total. The SMILES string of the molecule is COc1ccc(C2=C(N3CCCC3)C(=O)N(c3cccc(C)c3C)C2=O)cc1. The summed E-state index contributed by atoms with van der Waals surface area (Å²) < 4.78 is 5.24. The van der Waals surface area contributed by atoms with Gasteiger partial charge in [-0.2, -0.15) is 0 Å². The second kappa shape index (κ2) is 7.15. The third-order valence-electron chi connectivity index (χ3n) is 5.68. The van der Waals surface area contributed by atoms with E-state index in [1.54, 1.807) is 7.11 Å². The number of anilines is 1. The van der Waals surface area contributed by atoms with Crippen molar-refractivity contribution in [1.29, 1.82) is 0 Å². The molecule has 2 aromatic rings. The van der Waals surface area contributed by atoms with Crippen molar-refractivity contribution in [3.05, 3.63) is 64.9 Å². The molecule has 144 valence electrons. The second-order valence-corrected chi connectivity index (χ2v) is 7.31. The number of ether oxygens (including phenoxy) is 1. The maximum Gasteiger partial charge on any atom is 0.282 e. The molecule has 0 N–H and O–H groups in total. The summed E-state index contributed by atoms with van der Waals surface area (Å²) in [4.78, 5) is 30.3. The fraction of sp³-hybridized carbons (Fsp3) is 0.304. The van der Waals surface area contributed by atoms with Crippen LogP contribution in [0.3, 0.4) is 0 Å². The molecule has 2 heterocycles. The van der Waals surface area contributed by atoms with Crippen LogP contribution in [0, 0.1) is 13.8 Å². The zero-order valence-corrected chi connectivity index (χ0v) is 16.5. The van der Waals surface area contributed by atoms with Gasteiger partial charge in [0.1, 0.15) is 11.4 Å². The monoisotopic (exact) mass is 376 g/mol. The van der Waals surface area contributed by atoms with E-state index in [2.05, 4.69) is 4.90 Å². The second-order valence-electron chi connectivity index (χ2n) is 7.31. The average Bonchev–Trinajstić information content (AvgIpc) is 3.31. The number of likely N-dealkylation sites (tertiary alicyclic amines) is 1. The number of hydrogen-bond donors (Lipinski definition) is 0. The third-order valence-corrected chi connectivity index (χ3v) is 5.68. The van der Waals surface area contributed by atoms with Crippen molar-refractivity contribution in [2.75, 3.05) is 25.1 Å². The van der Waals surface area contributed by atoms with E-state index in [0.717, 1.165) is 48.4 Å². The van der Waals surface area contributed by atoms with Crippen molar-refractivity contribution in [3.63, 3.8) is 0 Å². The zero-order chi connectivity index (χ0) is 19.8. The van der Waals surface area contributed by atoms with Gasteiger partial charge < -0.3 is 9.64 Å². The van der Waals surface area contributed by atoms with Crippen LogP contribution in [0.1, 0.15) is 29.5 Å². The number of amides is 2. The molecule has 1 fully saturated rings. The van der Waals surface area contributed by atoms with Crippen LogP contribution in [-0.2, 0) is 9.59 Å². The van der Waals surface area contributed by atoms with Crippen LogP contribution in [0.25, 0.3) is 5.57 Å². The molecule has 0 atom stereocenters. The number of benzene rings is 2. The molecular weight excluding hydrogens is 352 g/mol. The number of aryl methyl sites for hydroxylation is 1. The Bertz CT molecular complexity index is 970. The van der Waals surface area contributed by atoms with Crippen LogP contribution >= 0.6 is 0 Å². The highest BCUT2D eigenvalue weighted by atomic mass is 16.5. The number of nitrogens with zero attached hydrogens (tertiary/aromatic N) is 2. The maximum absolute atomic E-state index is 13.5. The molecule has 0 spiro atoms. The van der Waals surface area contributed by atoms with E-state index in [-0.39, 0.29) is 11.8 Å². The predicted molar refractivity (Wildman–Crippen MR) is 109 cm³/mol. The van der Waals surface area contributed by atoms with Crippen molar-refractivity contribution in [2.24, 2.45) is 0 Å². The highest BCUT2D eigenvalue weighted by Crippen LogP contribution is 2.37. The van der Waals surface area contributed by atoms with Crippen LogP contribution in [0.2, 0.25) is 0 Å². The first kappa shape index (κ1) is 18.3. The van der Waals surface area contributed by atoms with Crippen molar-refractivity contribution < 1.29 is 14.3 Å². The van der Waals surface area contributed by atoms with E-state index in [9.17, 15) is 9.59 Å². The van der Waals surface area contributed by atoms with Gasteiger partial charge in [-0.3, -0.25) is 9.59 Å². The predicted octanol–water partition coefficient (Wildman–Crippen LogP) is 3.69. The molecule has 0 saturated carbocycles. The number of hydrogen-bond acceptors (Lipinski definition) is 4. The number of methoxy groups -OCH3 is 1. The summed E-state index contributed by atoms with van der Waals surface area (Å²) in [7, 11) is 1.61. The molecular formula is C23H24N2O3. The van der Waals surface area contributed by atoms with E-state index in [1.165, 1.54) is 4.90 Å². The van der Waals surface area contributed by atoms with Crippen LogP contribution in [0.15, 0.2) is 48.2 Å². The van der Waals surface area contributed by atoms with E-state index in [4.69, 9.17) is 4.74 Å². The molecule has 2 aliphatic heterocycles. The van der Waals surface area contributed by atoms with Gasteiger partial charge >= 0.3 is 0 Å². The lowest BCUT2D eigenvalue weighted by molar-refractivity contribution is -0.120. The lowest BCUT2D eigenvalue weighted by Gasteiger charge is -2.21. The Labute approximate surface area is 165 Å². The van der Waals surface area contributed by atoms with Gasteiger partial charge in [-0.1, -0.05) is 24.3 Å². The third kappa shape index (κ3) is 2.87. The largest absolute Gasteiger partial charge is 0.497 e. The number of imide groups is 1. The van der Waals surface area contributed by atoms with Crippen LogP contribution in [-0.4, -0.2) is 36.9 Å². The van der Waals surface area contributed by atoms with Gasteiger partial charge in [0.15, 0.2) is 0 Å². The highest BCUT2D eigenvalue weighted by molar-refractivity contribution is 6.45. The fourth-order valence-corrected chi connectivity index (χ4v) is 3.97. The Hall–Kier alpha value is -3.08. The Morgan fingerprint density at radius 2 is 1.57 bits per heavy atom. The molecule has 28 heavy (non-hydrogen) atoms. The standard InChI is InChI=1S/C23H24N2O3/c1-15-7-6-8-19(16(15)2)25-22(26)20(17-9-11-18(28-3)12-10-17)21(23(25)27)24-13-4-5-14-24/h6-12H,4-5,13-14H2,1-3H3. The Kier molecular flexibility index (Phi) is 4.67. The summed E-state index contributed by atoms with van der Waals surface area (Å²) in [6.45, 7) is 5.54. The number of rotatable bonds is 4. The van der Waals surface area contributed by atoms with Crippen molar-refractivity contribution in [1.82, 2.24) is 4.90 Å². The van der Waals surface area contributed by atoms with E-state index in [1.807, 2.05) is 56.3 Å². The van der Waals surface area contributed by atoms with Gasteiger partial charge in [-0.15, -0.1) is 0 Å². The minimum absolute atomic E-state index is 0.230. The minimum atomic E-state index is -0.259. The van der Waals surface area contributed by atoms with Gasteiger partial charge in [0, 0.05) is 13.1 Å². The average molecular weight is 376 g/mol. The number of carbonyl (C=O) groups excluding carboxylic acids is 2. The number of carbonyl (C=O) groups is 2. The van der Waals surface area contributed by atoms with Gasteiger partial charge in [-0.25, -0.2) is 4.90 Å². The Balaban J connectivity index is 1.84. The molecule has 0 radical (unpaired) electrons. The van der Waals surface area contributed by atoms with E-state index < -0.39 is 0 Å². The lowest BCUT2D eigenvalue weighted by atomic mass is 10.0. The molecule has 2 aliphatic rings. The van der Waals surface area contributed by atoms with Gasteiger partial charge in [-0.05, 0) is 61.6 Å². The topological polar surface area (TPSA) is 49.9 Å². The molecule has 0 bridgehead atoms. The molecule has 0 aromatic heterocycles. The molecule has 2 amide bonds. The van der Waals surface area contributed by atoms with E-state index in [0.29, 0.717) is 17.0 Å². The van der Waals surface area contributed by atoms with Gasteiger partial charge in [0.25, 0.3) is 11.8 Å². The van der Waals surface area contributed by atoms with Crippen molar-refractivity contribution >= 4 is 23.1 Å². The van der Waals surface area contributed by atoms with Crippen LogP contribution in [0.4, 0.5) is 5.69 Å². The smallest absolute Gasteiger partial charge is 0.282 e. The van der Waals surface area contributed by atoms with Crippen LogP contribution < -0.4 is 9.64 Å². The normalized spacial score (nSPS) is 17.1. The lowest BCUT2D eigenvalue weighted by Crippen LogP contribution is -2.35. The minimum Gasteiger partial charge on any atom is -0.497 e. The zero-order valence-electron chi connectivity index (χ0n) is 16.5. The van der Waals surface area contributed by atoms with Crippen LogP contribution in [0.5, 0.6) is 5.75 Å². The Morgan fingerprint density at radius 3 is 2.21 bits per heavy atom. The summed E-state index contributed by atoms with van der Waals surface area (Å²) in [5, 5.41) is 0. The summed E-state index contributed by atoms with van der Waals surface area (Å²) in [6, 6.07) is 13.1.